The predicted octanol–water partition coefficient (Wildman–Crippen LogP) is 8.98. The van der Waals surface area contributed by atoms with Gasteiger partial charge in [0, 0.05) is 18.0 Å². The first-order valence-electron chi connectivity index (χ1n) is 11.7. The van der Waals surface area contributed by atoms with Gasteiger partial charge < -0.3 is 19.1 Å². The second-order valence-corrected chi connectivity index (χ2v) is 10.7. The highest BCUT2D eigenvalue weighted by molar-refractivity contribution is 9.10. The summed E-state index contributed by atoms with van der Waals surface area (Å²) in [5.41, 5.74) is 2.34. The van der Waals surface area contributed by atoms with Crippen molar-refractivity contribution in [1.29, 1.82) is 0 Å². The lowest BCUT2D eigenvalue weighted by Gasteiger charge is -2.31. The number of benzene rings is 4. The molecule has 0 amide bonds. The molecule has 0 bridgehead atoms. The topological polar surface area (TPSA) is 30.9 Å². The van der Waals surface area contributed by atoms with Crippen LogP contribution in [0.1, 0.15) is 5.56 Å². The van der Waals surface area contributed by atoms with E-state index in [1.165, 1.54) is 5.56 Å². The Balaban J connectivity index is 1.54. The van der Waals surface area contributed by atoms with Crippen molar-refractivity contribution in [1.82, 2.24) is 0 Å². The number of para-hydroxylation sites is 2. The van der Waals surface area contributed by atoms with E-state index < -0.39 is 0 Å². The molecule has 184 valence electrons. The highest BCUT2D eigenvalue weighted by Crippen LogP contribution is 2.47. The van der Waals surface area contributed by atoms with Gasteiger partial charge in [-0.25, -0.2) is 0 Å². The summed E-state index contributed by atoms with van der Waals surface area (Å²) in [5.74, 6) is 2.41. The fourth-order valence-corrected chi connectivity index (χ4v) is 5.48. The molecular formula is C29H25BrClNO3S. The molecule has 4 aromatic carbocycles. The quantitative estimate of drug-likeness (QED) is 0.217. The average molecular weight is 583 g/mol. The fourth-order valence-electron chi connectivity index (χ4n) is 3.89. The van der Waals surface area contributed by atoms with E-state index in [1.54, 1.807) is 11.8 Å². The van der Waals surface area contributed by atoms with Gasteiger partial charge in [0.1, 0.15) is 11.5 Å². The molecule has 4 aromatic rings. The van der Waals surface area contributed by atoms with Crippen molar-refractivity contribution >= 4 is 45.0 Å². The Hall–Kier alpha value is -2.64. The Labute approximate surface area is 229 Å². The van der Waals surface area contributed by atoms with Crippen molar-refractivity contribution in [2.45, 2.75) is 16.7 Å². The summed E-state index contributed by atoms with van der Waals surface area (Å²) in [4.78, 5) is 4.50. The molecule has 0 aliphatic carbocycles. The Morgan fingerprint density at radius 2 is 1.50 bits per heavy atom. The molecule has 1 aliphatic heterocycles. The minimum atomic E-state index is 0.472. The molecule has 1 aliphatic rings. The SMILES string of the molecule is Cc1ccc(Sc2c(Oc3c(Cl)cccc3Oc3ccccc3Br)cccc2N2CCOCC2)cc1. The molecule has 0 aromatic heterocycles. The maximum Gasteiger partial charge on any atom is 0.188 e. The Bertz CT molecular complexity index is 1340. The van der Waals surface area contributed by atoms with Crippen molar-refractivity contribution in [3.8, 4) is 23.0 Å². The number of anilines is 1. The number of halogens is 2. The number of hydrogen-bond donors (Lipinski definition) is 0. The third kappa shape index (κ3) is 5.84. The number of ether oxygens (including phenoxy) is 3. The van der Waals surface area contributed by atoms with Gasteiger partial charge >= 0.3 is 0 Å². The molecular weight excluding hydrogens is 558 g/mol. The van der Waals surface area contributed by atoms with Gasteiger partial charge in [0.2, 0.25) is 0 Å². The molecule has 0 atom stereocenters. The molecule has 5 rings (SSSR count). The van der Waals surface area contributed by atoms with Crippen LogP contribution in [0.5, 0.6) is 23.0 Å². The highest BCUT2D eigenvalue weighted by atomic mass is 79.9. The molecule has 0 saturated carbocycles. The van der Waals surface area contributed by atoms with Crippen molar-refractivity contribution in [3.63, 3.8) is 0 Å². The van der Waals surface area contributed by atoms with Crippen LogP contribution in [0.15, 0.2) is 99.2 Å². The van der Waals surface area contributed by atoms with Gasteiger partial charge in [-0.15, -0.1) is 0 Å². The third-order valence-electron chi connectivity index (χ3n) is 5.75. The van der Waals surface area contributed by atoms with Crippen molar-refractivity contribution in [3.05, 3.63) is 100.0 Å². The Kier molecular flexibility index (Phi) is 8.07. The molecule has 0 N–H and O–H groups in total. The lowest BCUT2D eigenvalue weighted by molar-refractivity contribution is 0.122. The maximum atomic E-state index is 6.65. The van der Waals surface area contributed by atoms with E-state index in [0.29, 0.717) is 35.5 Å². The number of rotatable bonds is 7. The molecule has 0 unspecified atom stereocenters. The first-order chi connectivity index (χ1) is 17.6. The van der Waals surface area contributed by atoms with E-state index in [2.05, 4.69) is 58.1 Å². The molecule has 1 heterocycles. The zero-order valence-corrected chi connectivity index (χ0v) is 22.9. The van der Waals surface area contributed by atoms with Gasteiger partial charge in [-0.05, 0) is 71.4 Å². The second-order valence-electron chi connectivity index (χ2n) is 8.32. The molecule has 36 heavy (non-hydrogen) atoms. The predicted molar refractivity (Wildman–Crippen MR) is 151 cm³/mol. The summed E-state index contributed by atoms with van der Waals surface area (Å²) in [6.45, 7) is 5.15. The van der Waals surface area contributed by atoms with Gasteiger partial charge in [-0.1, -0.05) is 65.3 Å². The molecule has 1 fully saturated rings. The number of aryl methyl sites for hydroxylation is 1. The minimum absolute atomic E-state index is 0.472. The summed E-state index contributed by atoms with van der Waals surface area (Å²) >= 11 is 11.9. The van der Waals surface area contributed by atoms with Crippen molar-refractivity contribution in [2.75, 3.05) is 31.2 Å². The average Bonchev–Trinajstić information content (AvgIpc) is 2.90. The number of morpholine rings is 1. The summed E-state index contributed by atoms with van der Waals surface area (Å²) in [5, 5.41) is 0.475. The zero-order valence-electron chi connectivity index (χ0n) is 19.7. The van der Waals surface area contributed by atoms with Crippen LogP contribution >= 0.6 is 39.3 Å². The lowest BCUT2D eigenvalue weighted by Crippen LogP contribution is -2.36. The van der Waals surface area contributed by atoms with E-state index in [-0.39, 0.29) is 0 Å². The fraction of sp³-hybridized carbons (Fsp3) is 0.172. The van der Waals surface area contributed by atoms with Gasteiger partial charge in [-0.3, -0.25) is 0 Å². The van der Waals surface area contributed by atoms with Crippen LogP contribution in [0.3, 0.4) is 0 Å². The highest BCUT2D eigenvalue weighted by Gasteiger charge is 2.21. The monoisotopic (exact) mass is 581 g/mol. The maximum absolute atomic E-state index is 6.65. The second kappa shape index (κ2) is 11.6. The smallest absolute Gasteiger partial charge is 0.188 e. The number of nitrogens with zero attached hydrogens (tertiary/aromatic N) is 1. The van der Waals surface area contributed by atoms with Gasteiger partial charge in [-0.2, -0.15) is 0 Å². The van der Waals surface area contributed by atoms with Gasteiger partial charge in [0.15, 0.2) is 11.5 Å². The summed E-state index contributed by atoms with van der Waals surface area (Å²) in [6.07, 6.45) is 0. The van der Waals surface area contributed by atoms with Crippen LogP contribution in [0, 0.1) is 6.92 Å². The number of hydrogen-bond acceptors (Lipinski definition) is 5. The summed E-state index contributed by atoms with van der Waals surface area (Å²) in [6, 6.07) is 27.9. The van der Waals surface area contributed by atoms with E-state index in [1.807, 2.05) is 54.6 Å². The van der Waals surface area contributed by atoms with Gasteiger partial charge in [0.05, 0.1) is 33.3 Å². The summed E-state index contributed by atoms with van der Waals surface area (Å²) in [7, 11) is 0. The molecule has 4 nitrogen and oxygen atoms in total. The largest absolute Gasteiger partial charge is 0.452 e. The molecule has 0 radical (unpaired) electrons. The molecule has 0 spiro atoms. The Morgan fingerprint density at radius 3 is 2.28 bits per heavy atom. The van der Waals surface area contributed by atoms with Crippen LogP contribution in [0.25, 0.3) is 0 Å². The van der Waals surface area contributed by atoms with Gasteiger partial charge in [0.25, 0.3) is 0 Å². The van der Waals surface area contributed by atoms with E-state index in [9.17, 15) is 0 Å². The summed E-state index contributed by atoms with van der Waals surface area (Å²) < 4.78 is 19.2. The first kappa shape index (κ1) is 25.0. The normalized spacial score (nSPS) is 13.5. The van der Waals surface area contributed by atoms with Crippen LogP contribution in [-0.4, -0.2) is 26.3 Å². The van der Waals surface area contributed by atoms with Crippen LogP contribution in [-0.2, 0) is 4.74 Å². The minimum Gasteiger partial charge on any atom is -0.452 e. The zero-order chi connectivity index (χ0) is 24.9. The van der Waals surface area contributed by atoms with Crippen LogP contribution < -0.4 is 14.4 Å². The van der Waals surface area contributed by atoms with E-state index >= 15 is 0 Å². The van der Waals surface area contributed by atoms with Crippen LogP contribution in [0.4, 0.5) is 5.69 Å². The Morgan fingerprint density at radius 1 is 0.806 bits per heavy atom. The van der Waals surface area contributed by atoms with Crippen LogP contribution in [0.2, 0.25) is 5.02 Å². The molecule has 7 heteroatoms. The lowest BCUT2D eigenvalue weighted by atomic mass is 10.2. The standard InChI is InChI=1S/C29H25BrClNO3S/c1-20-12-14-21(15-13-20)36-29-24(32-16-18-33-19-17-32)8-5-11-27(29)35-28-23(31)7-4-10-26(28)34-25-9-3-2-6-22(25)30/h2-15H,16-19H2,1H3. The van der Waals surface area contributed by atoms with E-state index in [0.717, 1.165) is 38.8 Å². The van der Waals surface area contributed by atoms with E-state index in [4.69, 9.17) is 25.8 Å². The third-order valence-corrected chi connectivity index (χ3v) is 7.83. The van der Waals surface area contributed by atoms with Crippen molar-refractivity contribution < 1.29 is 14.2 Å². The van der Waals surface area contributed by atoms with Crippen molar-refractivity contribution in [2.24, 2.45) is 0 Å². The molecule has 1 saturated heterocycles. The first-order valence-corrected chi connectivity index (χ1v) is 13.7.